The molecule has 0 bridgehead atoms. The van der Waals surface area contributed by atoms with E-state index in [1.165, 1.54) is 29.4 Å². The van der Waals surface area contributed by atoms with Crippen molar-refractivity contribution in [2.45, 2.75) is 13.1 Å². The minimum Gasteiger partial charge on any atom is -0.477 e. The summed E-state index contributed by atoms with van der Waals surface area (Å²) in [6.07, 6.45) is 0. The lowest BCUT2D eigenvalue weighted by Crippen LogP contribution is -2.09. The van der Waals surface area contributed by atoms with Crippen LogP contribution in [0.25, 0.3) is 10.9 Å². The number of nitriles is 1. The maximum Gasteiger partial charge on any atom is 0.352 e. The van der Waals surface area contributed by atoms with Crippen molar-refractivity contribution in [1.29, 1.82) is 5.26 Å². The summed E-state index contributed by atoms with van der Waals surface area (Å²) in [5.74, 6) is -1.49. The second-order valence-corrected chi connectivity index (χ2v) is 7.70. The van der Waals surface area contributed by atoms with Gasteiger partial charge in [0.05, 0.1) is 11.6 Å². The number of nitrogens with zero attached hydrogens (tertiary/aromatic N) is 3. The molecule has 0 spiro atoms. The molecule has 7 heteroatoms. The average molecular weight is 445 g/mol. The van der Waals surface area contributed by atoms with Gasteiger partial charge in [-0.15, -0.1) is 0 Å². The number of anilines is 1. The number of benzene rings is 3. The Morgan fingerprint density at radius 3 is 2.39 bits per heavy atom. The van der Waals surface area contributed by atoms with Gasteiger partial charge in [-0.2, -0.15) is 5.26 Å². The van der Waals surface area contributed by atoms with Gasteiger partial charge in [0, 0.05) is 43.8 Å². The maximum atomic E-state index is 13.3. The van der Waals surface area contributed by atoms with Crippen LogP contribution in [0, 0.1) is 17.1 Å². The Balaban J connectivity index is 0.000000235. The number of carboxylic acid groups (broad SMARTS) is 1. The highest BCUT2D eigenvalue weighted by molar-refractivity contribution is 5.94. The third kappa shape index (κ3) is 5.76. The van der Waals surface area contributed by atoms with Crippen LogP contribution in [-0.4, -0.2) is 29.7 Å². The molecule has 0 amide bonds. The van der Waals surface area contributed by atoms with E-state index in [2.05, 4.69) is 35.2 Å². The Kier molecular flexibility index (Phi) is 7.44. The SMILES string of the molecule is CN(C)c1ccc(CN)cc1.N#Cc1cccc(Cn2c(C(=O)O)cc3cc(F)ccc32)c1. The van der Waals surface area contributed by atoms with Gasteiger partial charge >= 0.3 is 5.97 Å². The Morgan fingerprint density at radius 2 is 1.79 bits per heavy atom. The summed E-state index contributed by atoms with van der Waals surface area (Å²) in [5, 5.41) is 18.8. The van der Waals surface area contributed by atoms with Crippen molar-refractivity contribution in [3.8, 4) is 6.07 Å². The van der Waals surface area contributed by atoms with Crippen LogP contribution in [0.3, 0.4) is 0 Å². The molecule has 0 saturated carbocycles. The lowest BCUT2D eigenvalue weighted by atomic mass is 10.1. The van der Waals surface area contributed by atoms with Crippen molar-refractivity contribution in [1.82, 2.24) is 4.57 Å². The molecule has 1 heterocycles. The lowest BCUT2D eigenvalue weighted by molar-refractivity contribution is 0.0686. The van der Waals surface area contributed by atoms with Crippen LogP contribution in [0.5, 0.6) is 0 Å². The molecule has 168 valence electrons. The van der Waals surface area contributed by atoms with E-state index in [4.69, 9.17) is 11.0 Å². The molecule has 0 atom stereocenters. The van der Waals surface area contributed by atoms with E-state index in [-0.39, 0.29) is 5.69 Å². The van der Waals surface area contributed by atoms with Gasteiger partial charge in [-0.05, 0) is 59.7 Å². The van der Waals surface area contributed by atoms with Crippen LogP contribution in [0.4, 0.5) is 10.1 Å². The molecule has 1 aromatic heterocycles. The van der Waals surface area contributed by atoms with Crippen LogP contribution in [-0.2, 0) is 13.1 Å². The van der Waals surface area contributed by atoms with Crippen molar-refractivity contribution >= 4 is 22.6 Å². The number of fused-ring (bicyclic) bond motifs is 1. The fourth-order valence-electron chi connectivity index (χ4n) is 3.44. The number of nitrogens with two attached hydrogens (primary N) is 1. The fourth-order valence-corrected chi connectivity index (χ4v) is 3.44. The molecular formula is C26H25FN4O2. The van der Waals surface area contributed by atoms with E-state index in [1.54, 1.807) is 28.8 Å². The van der Waals surface area contributed by atoms with E-state index in [0.29, 0.717) is 29.6 Å². The first-order valence-corrected chi connectivity index (χ1v) is 10.3. The summed E-state index contributed by atoms with van der Waals surface area (Å²) in [4.78, 5) is 13.5. The summed E-state index contributed by atoms with van der Waals surface area (Å²) in [5.41, 5.74) is 9.89. The van der Waals surface area contributed by atoms with Crippen LogP contribution >= 0.6 is 0 Å². The average Bonchev–Trinajstić information content (AvgIpc) is 3.17. The van der Waals surface area contributed by atoms with Crippen molar-refractivity contribution in [2.75, 3.05) is 19.0 Å². The van der Waals surface area contributed by atoms with Gasteiger partial charge in [-0.1, -0.05) is 24.3 Å². The largest absolute Gasteiger partial charge is 0.477 e. The zero-order valence-corrected chi connectivity index (χ0v) is 18.5. The Bertz CT molecular complexity index is 1300. The zero-order valence-electron chi connectivity index (χ0n) is 18.5. The number of hydrogen-bond acceptors (Lipinski definition) is 4. The summed E-state index contributed by atoms with van der Waals surface area (Å²) < 4.78 is 14.9. The van der Waals surface area contributed by atoms with Crippen LogP contribution in [0.2, 0.25) is 0 Å². The standard InChI is InChI=1S/C17H11FN2O2.C9H14N2/c18-14-4-5-15-13(7-14)8-16(17(21)22)20(15)10-12-3-1-2-11(6-12)9-19;1-11(2)9-5-3-8(7-10)4-6-9/h1-8H,10H2,(H,21,22);3-6H,7,10H2,1-2H3. The minimum absolute atomic E-state index is 0.0861. The normalized spacial score (nSPS) is 10.3. The van der Waals surface area contributed by atoms with E-state index in [0.717, 1.165) is 5.56 Å². The Labute approximate surface area is 191 Å². The van der Waals surface area contributed by atoms with Gasteiger partial charge in [-0.3, -0.25) is 0 Å². The molecule has 0 unspecified atom stereocenters. The third-order valence-electron chi connectivity index (χ3n) is 5.17. The number of hydrogen-bond donors (Lipinski definition) is 2. The van der Waals surface area contributed by atoms with Gasteiger partial charge in [0.15, 0.2) is 0 Å². The second kappa shape index (κ2) is 10.4. The molecule has 4 rings (SSSR count). The first-order chi connectivity index (χ1) is 15.8. The first kappa shape index (κ1) is 23.5. The van der Waals surface area contributed by atoms with Crippen LogP contribution in [0.15, 0.2) is 72.8 Å². The molecular weight excluding hydrogens is 419 g/mol. The molecule has 4 aromatic rings. The second-order valence-electron chi connectivity index (χ2n) is 7.70. The van der Waals surface area contributed by atoms with Crippen molar-refractivity contribution in [3.05, 3.63) is 101 Å². The molecule has 0 aliphatic heterocycles. The summed E-state index contributed by atoms with van der Waals surface area (Å²) in [6, 6.07) is 22.9. The molecule has 0 aliphatic rings. The van der Waals surface area contributed by atoms with Crippen LogP contribution < -0.4 is 10.6 Å². The lowest BCUT2D eigenvalue weighted by Gasteiger charge is -2.11. The number of carbonyl (C=O) groups is 1. The molecule has 0 saturated heterocycles. The van der Waals surface area contributed by atoms with Gasteiger partial charge in [-0.25, -0.2) is 9.18 Å². The number of carboxylic acids is 1. The molecule has 0 fully saturated rings. The highest BCUT2D eigenvalue weighted by Gasteiger charge is 2.15. The summed E-state index contributed by atoms with van der Waals surface area (Å²) in [7, 11) is 4.05. The van der Waals surface area contributed by atoms with Gasteiger partial charge in [0.1, 0.15) is 11.5 Å². The molecule has 3 N–H and O–H groups in total. The van der Waals surface area contributed by atoms with Gasteiger partial charge < -0.3 is 20.3 Å². The third-order valence-corrected chi connectivity index (χ3v) is 5.17. The zero-order chi connectivity index (χ0) is 24.0. The molecule has 33 heavy (non-hydrogen) atoms. The first-order valence-electron chi connectivity index (χ1n) is 10.3. The number of halogens is 1. The summed E-state index contributed by atoms with van der Waals surface area (Å²) >= 11 is 0. The fraction of sp³-hybridized carbons (Fsp3) is 0.154. The maximum absolute atomic E-state index is 13.3. The molecule has 6 nitrogen and oxygen atoms in total. The predicted octanol–water partition coefficient (Wildman–Crippen LogP) is 4.61. The molecule has 3 aromatic carbocycles. The van der Waals surface area contributed by atoms with E-state index >= 15 is 0 Å². The van der Waals surface area contributed by atoms with Crippen LogP contribution in [0.1, 0.15) is 27.2 Å². The molecule has 0 aliphatic carbocycles. The monoisotopic (exact) mass is 444 g/mol. The van der Waals surface area contributed by atoms with Crippen molar-refractivity contribution in [3.63, 3.8) is 0 Å². The van der Waals surface area contributed by atoms with E-state index < -0.39 is 11.8 Å². The van der Waals surface area contributed by atoms with Crippen molar-refractivity contribution in [2.24, 2.45) is 5.73 Å². The Morgan fingerprint density at radius 1 is 1.06 bits per heavy atom. The quantitative estimate of drug-likeness (QED) is 0.469. The Hall–Kier alpha value is -4.15. The number of rotatable bonds is 5. The van der Waals surface area contributed by atoms with Crippen molar-refractivity contribution < 1.29 is 14.3 Å². The molecule has 0 radical (unpaired) electrons. The number of aromatic nitrogens is 1. The van der Waals surface area contributed by atoms with Gasteiger partial charge in [0.2, 0.25) is 0 Å². The van der Waals surface area contributed by atoms with E-state index in [9.17, 15) is 14.3 Å². The summed E-state index contributed by atoms with van der Waals surface area (Å²) in [6.45, 7) is 0.917. The topological polar surface area (TPSA) is 95.3 Å². The minimum atomic E-state index is -1.08. The van der Waals surface area contributed by atoms with E-state index in [1.807, 2.05) is 20.2 Å². The smallest absolute Gasteiger partial charge is 0.352 e. The number of aromatic carboxylic acids is 1. The highest BCUT2D eigenvalue weighted by atomic mass is 19.1. The predicted molar refractivity (Wildman–Crippen MR) is 128 cm³/mol. The highest BCUT2D eigenvalue weighted by Crippen LogP contribution is 2.23. The van der Waals surface area contributed by atoms with Gasteiger partial charge in [0.25, 0.3) is 0 Å².